The van der Waals surface area contributed by atoms with Crippen molar-refractivity contribution in [2.75, 3.05) is 6.54 Å². The summed E-state index contributed by atoms with van der Waals surface area (Å²) < 4.78 is 16.1. The summed E-state index contributed by atoms with van der Waals surface area (Å²) in [4.78, 5) is 4.24. The number of nitrogens with zero attached hydrogens (tertiary/aromatic N) is 2. The lowest BCUT2D eigenvalue weighted by Gasteiger charge is -2.09. The predicted octanol–water partition coefficient (Wildman–Crippen LogP) is 3.25. The zero-order valence-corrected chi connectivity index (χ0v) is 11.3. The van der Waals surface area contributed by atoms with Gasteiger partial charge in [0.2, 0.25) is 0 Å². The van der Waals surface area contributed by atoms with Gasteiger partial charge < -0.3 is 5.32 Å². The molecule has 0 spiro atoms. The zero-order chi connectivity index (χ0) is 13.9. The van der Waals surface area contributed by atoms with Crippen molar-refractivity contribution in [2.45, 2.75) is 13.5 Å². The van der Waals surface area contributed by atoms with E-state index in [4.69, 9.17) is 0 Å². The Hall–Kier alpha value is -2.20. The van der Waals surface area contributed by atoms with Crippen LogP contribution in [0.4, 0.5) is 4.39 Å². The van der Waals surface area contributed by atoms with Crippen molar-refractivity contribution in [3.8, 4) is 11.3 Å². The first-order valence-corrected chi connectivity index (χ1v) is 6.71. The maximum atomic E-state index is 14.1. The van der Waals surface area contributed by atoms with Gasteiger partial charge in [-0.2, -0.15) is 0 Å². The van der Waals surface area contributed by atoms with Gasteiger partial charge in [-0.15, -0.1) is 0 Å². The molecule has 0 saturated heterocycles. The maximum absolute atomic E-state index is 14.1. The second-order valence-electron chi connectivity index (χ2n) is 4.65. The van der Waals surface area contributed by atoms with E-state index in [2.05, 4.69) is 10.3 Å². The smallest absolute Gasteiger partial charge is 0.137 e. The van der Waals surface area contributed by atoms with E-state index in [0.29, 0.717) is 12.1 Å². The molecule has 102 valence electrons. The largest absolute Gasteiger partial charge is 0.313 e. The summed E-state index contributed by atoms with van der Waals surface area (Å²) in [6.07, 6.45) is 3.63. The van der Waals surface area contributed by atoms with Gasteiger partial charge in [-0.05, 0) is 24.7 Å². The second kappa shape index (κ2) is 5.43. The molecule has 0 saturated carbocycles. The Morgan fingerprint density at radius 3 is 2.95 bits per heavy atom. The molecule has 0 amide bonds. The van der Waals surface area contributed by atoms with Gasteiger partial charge in [-0.25, -0.2) is 9.37 Å². The normalized spacial score (nSPS) is 11.1. The van der Waals surface area contributed by atoms with Crippen molar-refractivity contribution in [3.05, 3.63) is 60.2 Å². The van der Waals surface area contributed by atoms with Crippen molar-refractivity contribution in [1.29, 1.82) is 0 Å². The highest BCUT2D eigenvalue weighted by Gasteiger charge is 2.07. The third-order valence-electron chi connectivity index (χ3n) is 3.34. The molecule has 1 N–H and O–H groups in total. The van der Waals surface area contributed by atoms with E-state index in [1.54, 1.807) is 12.3 Å². The van der Waals surface area contributed by atoms with Crippen molar-refractivity contribution in [1.82, 2.24) is 14.7 Å². The minimum atomic E-state index is -0.180. The van der Waals surface area contributed by atoms with Gasteiger partial charge in [0.1, 0.15) is 11.5 Å². The molecule has 0 radical (unpaired) electrons. The van der Waals surface area contributed by atoms with Crippen LogP contribution >= 0.6 is 0 Å². The van der Waals surface area contributed by atoms with Crippen LogP contribution in [0.2, 0.25) is 0 Å². The third-order valence-corrected chi connectivity index (χ3v) is 3.34. The number of hydrogen-bond donors (Lipinski definition) is 1. The van der Waals surface area contributed by atoms with Crippen LogP contribution < -0.4 is 5.32 Å². The van der Waals surface area contributed by atoms with E-state index in [9.17, 15) is 4.39 Å². The summed E-state index contributed by atoms with van der Waals surface area (Å²) in [5.74, 6) is -0.180. The van der Waals surface area contributed by atoms with Crippen LogP contribution in [0, 0.1) is 5.82 Å². The molecular weight excluding hydrogens is 253 g/mol. The first-order valence-electron chi connectivity index (χ1n) is 6.71. The highest BCUT2D eigenvalue weighted by molar-refractivity contribution is 5.64. The molecule has 0 fully saturated rings. The van der Waals surface area contributed by atoms with Gasteiger partial charge in [0, 0.05) is 30.1 Å². The minimum absolute atomic E-state index is 0.180. The molecule has 0 bridgehead atoms. The van der Waals surface area contributed by atoms with E-state index in [1.165, 1.54) is 0 Å². The van der Waals surface area contributed by atoms with E-state index >= 15 is 0 Å². The van der Waals surface area contributed by atoms with Crippen LogP contribution in [0.1, 0.15) is 12.5 Å². The maximum Gasteiger partial charge on any atom is 0.137 e. The number of nitrogens with one attached hydrogen (secondary N) is 1. The van der Waals surface area contributed by atoms with Crippen molar-refractivity contribution in [3.63, 3.8) is 0 Å². The fourth-order valence-corrected chi connectivity index (χ4v) is 2.29. The van der Waals surface area contributed by atoms with Crippen LogP contribution in [0.3, 0.4) is 0 Å². The van der Waals surface area contributed by atoms with Crippen LogP contribution in [0.5, 0.6) is 0 Å². The standard InChI is InChI=1S/C16H16FN3/c1-2-18-11-13-7-6-12(10-14(13)17)15-4-3-5-16-19-8-9-20(15)16/h3-10,18H,2,11H2,1H3. The number of pyridine rings is 1. The van der Waals surface area contributed by atoms with Crippen LogP contribution in [-0.4, -0.2) is 15.9 Å². The number of rotatable bonds is 4. The molecule has 2 aromatic heterocycles. The number of imidazole rings is 1. The fraction of sp³-hybridized carbons (Fsp3) is 0.188. The Bertz CT molecular complexity index is 733. The Morgan fingerprint density at radius 1 is 1.25 bits per heavy atom. The van der Waals surface area contributed by atoms with Gasteiger partial charge in [-0.3, -0.25) is 4.40 Å². The number of hydrogen-bond acceptors (Lipinski definition) is 2. The molecule has 0 atom stereocenters. The van der Waals surface area contributed by atoms with E-state index in [0.717, 1.165) is 23.4 Å². The monoisotopic (exact) mass is 269 g/mol. The van der Waals surface area contributed by atoms with Crippen LogP contribution in [-0.2, 0) is 6.54 Å². The van der Waals surface area contributed by atoms with Crippen molar-refractivity contribution >= 4 is 5.65 Å². The molecule has 0 unspecified atom stereocenters. The molecule has 4 heteroatoms. The molecule has 3 aromatic rings. The summed E-state index contributed by atoms with van der Waals surface area (Å²) in [5.41, 5.74) is 3.34. The van der Waals surface area contributed by atoms with Gasteiger partial charge in [0.05, 0.1) is 5.69 Å². The predicted molar refractivity (Wildman–Crippen MR) is 78.0 cm³/mol. The Kier molecular flexibility index (Phi) is 3.48. The molecule has 3 rings (SSSR count). The highest BCUT2D eigenvalue weighted by atomic mass is 19.1. The van der Waals surface area contributed by atoms with Crippen molar-refractivity contribution in [2.24, 2.45) is 0 Å². The number of fused-ring (bicyclic) bond motifs is 1. The third kappa shape index (κ3) is 2.30. The van der Waals surface area contributed by atoms with E-state index in [-0.39, 0.29) is 5.82 Å². The first kappa shape index (κ1) is 12.8. The summed E-state index contributed by atoms with van der Waals surface area (Å²) >= 11 is 0. The lowest BCUT2D eigenvalue weighted by Crippen LogP contribution is -2.12. The SMILES string of the molecule is CCNCc1ccc(-c2cccc3nccn23)cc1F. The molecular formula is C16H16FN3. The van der Waals surface area contributed by atoms with Crippen LogP contribution in [0.15, 0.2) is 48.8 Å². The van der Waals surface area contributed by atoms with Gasteiger partial charge >= 0.3 is 0 Å². The first-order chi connectivity index (χ1) is 9.79. The summed E-state index contributed by atoms with van der Waals surface area (Å²) in [6, 6.07) is 11.2. The van der Waals surface area contributed by atoms with E-state index < -0.39 is 0 Å². The van der Waals surface area contributed by atoms with E-state index in [1.807, 2.05) is 47.9 Å². The zero-order valence-electron chi connectivity index (χ0n) is 11.3. The number of benzene rings is 1. The lowest BCUT2D eigenvalue weighted by atomic mass is 10.1. The fourth-order valence-electron chi connectivity index (χ4n) is 2.29. The van der Waals surface area contributed by atoms with Gasteiger partial charge in [-0.1, -0.05) is 25.1 Å². The number of halogens is 1. The Morgan fingerprint density at radius 2 is 2.15 bits per heavy atom. The van der Waals surface area contributed by atoms with Gasteiger partial charge in [0.15, 0.2) is 0 Å². The molecule has 0 aliphatic rings. The quantitative estimate of drug-likeness (QED) is 0.787. The second-order valence-corrected chi connectivity index (χ2v) is 4.65. The lowest BCUT2D eigenvalue weighted by molar-refractivity contribution is 0.594. The minimum Gasteiger partial charge on any atom is -0.313 e. The summed E-state index contributed by atoms with van der Waals surface area (Å²) in [7, 11) is 0. The summed E-state index contributed by atoms with van der Waals surface area (Å²) in [5, 5.41) is 3.13. The van der Waals surface area contributed by atoms with Crippen molar-refractivity contribution < 1.29 is 4.39 Å². The van der Waals surface area contributed by atoms with Crippen LogP contribution in [0.25, 0.3) is 16.9 Å². The topological polar surface area (TPSA) is 29.3 Å². The molecule has 0 aliphatic heterocycles. The number of aromatic nitrogens is 2. The molecule has 20 heavy (non-hydrogen) atoms. The molecule has 3 nitrogen and oxygen atoms in total. The highest BCUT2D eigenvalue weighted by Crippen LogP contribution is 2.23. The Labute approximate surface area is 117 Å². The van der Waals surface area contributed by atoms with Gasteiger partial charge in [0.25, 0.3) is 0 Å². The molecule has 2 heterocycles. The average molecular weight is 269 g/mol. The molecule has 0 aliphatic carbocycles. The average Bonchev–Trinajstić information content (AvgIpc) is 2.94. The Balaban J connectivity index is 2.02. The molecule has 1 aromatic carbocycles. The summed E-state index contributed by atoms with van der Waals surface area (Å²) in [6.45, 7) is 3.39.